The van der Waals surface area contributed by atoms with Gasteiger partial charge in [-0.05, 0) is 17.7 Å². The largest absolute Gasteiger partial charge is 0.289 e. The molecule has 3 rings (SSSR count). The average Bonchev–Trinajstić information content (AvgIpc) is 2.62. The summed E-state index contributed by atoms with van der Waals surface area (Å²) < 4.78 is 27.9. The highest BCUT2D eigenvalue weighted by molar-refractivity contribution is 7.92. The SMILES string of the molecule is O=[N+]([O-])c1ccccc1S(=O)(=O)Nc1ccccc1-c1ccccc1. The predicted octanol–water partition coefficient (Wildman–Crippen LogP) is 4.06. The lowest BCUT2D eigenvalue weighted by Gasteiger charge is -2.13. The number of para-hydroxylation sites is 2. The highest BCUT2D eigenvalue weighted by atomic mass is 32.2. The molecule has 0 radical (unpaired) electrons. The summed E-state index contributed by atoms with van der Waals surface area (Å²) in [6, 6.07) is 21.4. The first-order valence-corrected chi connectivity index (χ1v) is 8.88. The van der Waals surface area contributed by atoms with Crippen LogP contribution >= 0.6 is 0 Å². The fraction of sp³-hybridized carbons (Fsp3) is 0. The molecule has 0 aliphatic heterocycles. The molecular formula is C18H14N2O4S. The normalized spacial score (nSPS) is 11.0. The molecule has 0 aromatic heterocycles. The lowest BCUT2D eigenvalue weighted by atomic mass is 10.0. The highest BCUT2D eigenvalue weighted by Gasteiger charge is 2.25. The van der Waals surface area contributed by atoms with Crippen molar-refractivity contribution in [1.82, 2.24) is 0 Å². The fourth-order valence-corrected chi connectivity index (χ4v) is 3.73. The van der Waals surface area contributed by atoms with Gasteiger partial charge < -0.3 is 0 Å². The molecule has 1 N–H and O–H groups in total. The minimum Gasteiger partial charge on any atom is -0.279 e. The third-order valence-electron chi connectivity index (χ3n) is 3.61. The number of rotatable bonds is 5. The van der Waals surface area contributed by atoms with Crippen LogP contribution in [0.15, 0.2) is 83.8 Å². The summed E-state index contributed by atoms with van der Waals surface area (Å²) in [5, 5.41) is 11.1. The van der Waals surface area contributed by atoms with Crippen molar-refractivity contribution in [2.45, 2.75) is 4.90 Å². The maximum Gasteiger partial charge on any atom is 0.289 e. The molecular weight excluding hydrogens is 340 g/mol. The van der Waals surface area contributed by atoms with Gasteiger partial charge in [-0.25, -0.2) is 8.42 Å². The van der Waals surface area contributed by atoms with Crippen LogP contribution in [-0.2, 0) is 10.0 Å². The van der Waals surface area contributed by atoms with Gasteiger partial charge in [0.2, 0.25) is 0 Å². The van der Waals surface area contributed by atoms with Gasteiger partial charge in [-0.2, -0.15) is 0 Å². The summed E-state index contributed by atoms with van der Waals surface area (Å²) in [4.78, 5) is 10.0. The second-order valence-electron chi connectivity index (χ2n) is 5.24. The number of anilines is 1. The maximum atomic E-state index is 12.7. The van der Waals surface area contributed by atoms with E-state index in [1.54, 1.807) is 24.3 Å². The van der Waals surface area contributed by atoms with Crippen molar-refractivity contribution >= 4 is 21.4 Å². The minimum absolute atomic E-state index is 0.354. The number of benzene rings is 3. The Labute approximate surface area is 145 Å². The van der Waals surface area contributed by atoms with Gasteiger partial charge >= 0.3 is 0 Å². The predicted molar refractivity (Wildman–Crippen MR) is 95.8 cm³/mol. The lowest BCUT2D eigenvalue weighted by Crippen LogP contribution is -2.15. The molecule has 0 aliphatic carbocycles. The molecule has 3 aromatic carbocycles. The van der Waals surface area contributed by atoms with Crippen LogP contribution in [0.5, 0.6) is 0 Å². The summed E-state index contributed by atoms with van der Waals surface area (Å²) in [5.74, 6) is 0. The summed E-state index contributed by atoms with van der Waals surface area (Å²) in [6.45, 7) is 0. The van der Waals surface area contributed by atoms with Gasteiger partial charge in [-0.15, -0.1) is 0 Å². The van der Waals surface area contributed by atoms with Gasteiger partial charge in [0, 0.05) is 11.6 Å². The highest BCUT2D eigenvalue weighted by Crippen LogP contribution is 2.31. The van der Waals surface area contributed by atoms with Crippen molar-refractivity contribution < 1.29 is 13.3 Å². The molecule has 0 saturated heterocycles. The van der Waals surface area contributed by atoms with E-state index in [-0.39, 0.29) is 4.90 Å². The Hall–Kier alpha value is -3.19. The maximum absolute atomic E-state index is 12.7. The zero-order chi connectivity index (χ0) is 17.9. The smallest absolute Gasteiger partial charge is 0.279 e. The zero-order valence-corrected chi connectivity index (χ0v) is 13.8. The van der Waals surface area contributed by atoms with E-state index in [9.17, 15) is 18.5 Å². The van der Waals surface area contributed by atoms with Crippen molar-refractivity contribution in [3.8, 4) is 11.1 Å². The summed E-state index contributed by atoms with van der Waals surface area (Å²) in [7, 11) is -4.11. The summed E-state index contributed by atoms with van der Waals surface area (Å²) in [5.41, 5.74) is 1.41. The topological polar surface area (TPSA) is 89.3 Å². The fourth-order valence-electron chi connectivity index (χ4n) is 2.48. The summed E-state index contributed by atoms with van der Waals surface area (Å²) in [6.07, 6.45) is 0. The number of hydrogen-bond donors (Lipinski definition) is 1. The van der Waals surface area contributed by atoms with Crippen molar-refractivity contribution in [1.29, 1.82) is 0 Å². The Bertz CT molecular complexity index is 1020. The number of sulfonamides is 1. The van der Waals surface area contributed by atoms with Gasteiger partial charge in [0.05, 0.1) is 10.6 Å². The Balaban J connectivity index is 2.05. The van der Waals surface area contributed by atoms with E-state index in [0.717, 1.165) is 11.6 Å². The Kier molecular flexibility index (Phi) is 4.49. The molecule has 0 fully saturated rings. The van der Waals surface area contributed by atoms with Crippen molar-refractivity contribution in [2.75, 3.05) is 4.72 Å². The standard InChI is InChI=1S/C18H14N2O4S/c21-20(22)17-12-6-7-13-18(17)25(23,24)19-16-11-5-4-10-15(16)14-8-2-1-3-9-14/h1-13,19H. The molecule has 0 amide bonds. The van der Waals surface area contributed by atoms with E-state index in [4.69, 9.17) is 0 Å². The van der Waals surface area contributed by atoms with E-state index in [1.807, 2.05) is 30.3 Å². The van der Waals surface area contributed by atoms with E-state index in [1.165, 1.54) is 18.2 Å². The molecule has 3 aromatic rings. The van der Waals surface area contributed by atoms with Gasteiger partial charge in [-0.1, -0.05) is 60.7 Å². The average molecular weight is 354 g/mol. The molecule has 25 heavy (non-hydrogen) atoms. The van der Waals surface area contributed by atoms with Crippen molar-refractivity contribution in [3.05, 3.63) is 89.0 Å². The first-order chi connectivity index (χ1) is 12.0. The monoisotopic (exact) mass is 354 g/mol. The molecule has 0 aliphatic rings. The molecule has 0 atom stereocenters. The zero-order valence-electron chi connectivity index (χ0n) is 13.0. The van der Waals surface area contributed by atoms with Crippen LogP contribution in [0.25, 0.3) is 11.1 Å². The van der Waals surface area contributed by atoms with Crippen LogP contribution in [0.3, 0.4) is 0 Å². The van der Waals surface area contributed by atoms with Crippen LogP contribution in [-0.4, -0.2) is 13.3 Å². The number of nitrogens with zero attached hydrogens (tertiary/aromatic N) is 1. The van der Waals surface area contributed by atoms with Crippen molar-refractivity contribution in [3.63, 3.8) is 0 Å². The molecule has 7 heteroatoms. The Morgan fingerprint density at radius 2 is 1.40 bits per heavy atom. The van der Waals surface area contributed by atoms with E-state index >= 15 is 0 Å². The molecule has 0 bridgehead atoms. The molecule has 0 heterocycles. The minimum atomic E-state index is -4.11. The quantitative estimate of drug-likeness (QED) is 0.552. The summed E-state index contributed by atoms with van der Waals surface area (Å²) >= 11 is 0. The van der Waals surface area contributed by atoms with Crippen LogP contribution in [0.4, 0.5) is 11.4 Å². The van der Waals surface area contributed by atoms with Gasteiger partial charge in [0.1, 0.15) is 0 Å². The third-order valence-corrected chi connectivity index (χ3v) is 5.02. The van der Waals surface area contributed by atoms with Crippen LogP contribution in [0.1, 0.15) is 0 Å². The van der Waals surface area contributed by atoms with Gasteiger partial charge in [0.25, 0.3) is 15.7 Å². The molecule has 6 nitrogen and oxygen atoms in total. The Morgan fingerprint density at radius 3 is 2.12 bits per heavy atom. The number of nitrogens with one attached hydrogen (secondary N) is 1. The van der Waals surface area contributed by atoms with Crippen LogP contribution < -0.4 is 4.72 Å². The first kappa shape index (κ1) is 16.7. The molecule has 126 valence electrons. The molecule has 0 unspecified atom stereocenters. The molecule has 0 spiro atoms. The molecule has 0 saturated carbocycles. The van der Waals surface area contributed by atoms with Crippen molar-refractivity contribution in [2.24, 2.45) is 0 Å². The van der Waals surface area contributed by atoms with Gasteiger partial charge in [0.15, 0.2) is 4.90 Å². The number of hydrogen-bond acceptors (Lipinski definition) is 4. The van der Waals surface area contributed by atoms with Gasteiger partial charge in [-0.3, -0.25) is 14.8 Å². The van der Waals surface area contributed by atoms with Crippen LogP contribution in [0, 0.1) is 10.1 Å². The first-order valence-electron chi connectivity index (χ1n) is 7.40. The lowest BCUT2D eigenvalue weighted by molar-refractivity contribution is -0.387. The number of nitro benzene ring substituents is 1. The third kappa shape index (κ3) is 3.51. The van der Waals surface area contributed by atoms with E-state index in [2.05, 4.69) is 4.72 Å². The number of nitro groups is 1. The Morgan fingerprint density at radius 1 is 0.800 bits per heavy atom. The van der Waals surface area contributed by atoms with Crippen LogP contribution in [0.2, 0.25) is 0 Å². The van der Waals surface area contributed by atoms with E-state index < -0.39 is 20.6 Å². The van der Waals surface area contributed by atoms with E-state index in [0.29, 0.717) is 11.3 Å². The second kappa shape index (κ2) is 6.74. The second-order valence-corrected chi connectivity index (χ2v) is 6.89.